The van der Waals surface area contributed by atoms with E-state index in [0.717, 1.165) is 65.7 Å². The minimum Gasteiger partial charge on any atom is -0.379 e. The number of nitrogens with zero attached hydrogens (tertiary/aromatic N) is 3. The first-order chi connectivity index (χ1) is 15.4. The molecule has 1 aromatic heterocycles. The highest BCUT2D eigenvalue weighted by Crippen LogP contribution is 2.31. The molecule has 6 heteroatoms. The second kappa shape index (κ2) is 10.1. The number of rotatable bonds is 7. The number of hydrogen-bond donors (Lipinski definition) is 0. The monoisotopic (exact) mass is 451 g/mol. The van der Waals surface area contributed by atoms with Gasteiger partial charge in [-0.2, -0.15) is 0 Å². The van der Waals surface area contributed by atoms with E-state index in [1.807, 2.05) is 4.90 Å². The van der Waals surface area contributed by atoms with Gasteiger partial charge in [0.25, 0.3) is 0 Å². The molecule has 3 aromatic rings. The summed E-state index contributed by atoms with van der Waals surface area (Å²) in [6.45, 7) is 13.6. The van der Waals surface area contributed by atoms with Crippen LogP contribution in [0.1, 0.15) is 34.2 Å². The zero-order chi connectivity index (χ0) is 22.7. The highest BCUT2D eigenvalue weighted by atomic mass is 32.1. The Morgan fingerprint density at radius 1 is 1.09 bits per heavy atom. The van der Waals surface area contributed by atoms with Crippen LogP contribution >= 0.6 is 11.3 Å². The van der Waals surface area contributed by atoms with Gasteiger partial charge < -0.3 is 4.74 Å². The van der Waals surface area contributed by atoms with Gasteiger partial charge in [0, 0.05) is 26.2 Å². The van der Waals surface area contributed by atoms with Crippen molar-refractivity contribution in [3.8, 4) is 0 Å². The lowest BCUT2D eigenvalue weighted by molar-refractivity contribution is -0.118. The highest BCUT2D eigenvalue weighted by molar-refractivity contribution is 7.22. The van der Waals surface area contributed by atoms with Crippen LogP contribution in [0, 0.1) is 27.7 Å². The summed E-state index contributed by atoms with van der Waals surface area (Å²) in [5, 5.41) is 0.809. The van der Waals surface area contributed by atoms with Crippen LogP contribution < -0.4 is 4.90 Å². The third-order valence-corrected chi connectivity index (χ3v) is 7.31. The fraction of sp³-hybridized carbons (Fsp3) is 0.462. The Hall–Kier alpha value is -2.28. The van der Waals surface area contributed by atoms with Crippen LogP contribution in [0.5, 0.6) is 0 Å². The van der Waals surface area contributed by atoms with Gasteiger partial charge in [0.05, 0.1) is 29.9 Å². The molecule has 1 aliphatic heterocycles. The Morgan fingerprint density at radius 2 is 1.81 bits per heavy atom. The summed E-state index contributed by atoms with van der Waals surface area (Å²) in [5.41, 5.74) is 6.89. The molecule has 2 aromatic carbocycles. The van der Waals surface area contributed by atoms with Crippen molar-refractivity contribution in [1.82, 2.24) is 9.88 Å². The fourth-order valence-corrected chi connectivity index (χ4v) is 5.62. The smallest absolute Gasteiger partial charge is 0.233 e. The van der Waals surface area contributed by atoms with E-state index in [1.54, 1.807) is 11.3 Å². The summed E-state index contributed by atoms with van der Waals surface area (Å²) in [6.07, 6.45) is 1.33. The maximum absolute atomic E-state index is 13.6. The summed E-state index contributed by atoms with van der Waals surface area (Å²) in [6, 6.07) is 10.6. The molecule has 0 unspecified atom stereocenters. The van der Waals surface area contributed by atoms with Gasteiger partial charge >= 0.3 is 0 Å². The number of hydrogen-bond acceptors (Lipinski definition) is 5. The Kier molecular flexibility index (Phi) is 7.23. The first-order valence-electron chi connectivity index (χ1n) is 11.5. The molecule has 4 rings (SSSR count). The van der Waals surface area contributed by atoms with Crippen molar-refractivity contribution in [3.05, 3.63) is 58.1 Å². The maximum atomic E-state index is 13.6. The SMILES string of the molecule is Cc1cc(C)c(CC(=O)N(CCCN2CCOCC2)c2nc3c(C)cccc3s2)c(C)c1. The van der Waals surface area contributed by atoms with Crippen LogP contribution in [0.2, 0.25) is 0 Å². The molecule has 5 nitrogen and oxygen atoms in total. The molecular formula is C26H33N3O2S. The molecule has 0 bridgehead atoms. The fourth-order valence-electron chi connectivity index (χ4n) is 4.53. The van der Waals surface area contributed by atoms with Crippen LogP contribution in [-0.2, 0) is 16.0 Å². The second-order valence-electron chi connectivity index (χ2n) is 8.83. The molecule has 1 aliphatic rings. The number of anilines is 1. The van der Waals surface area contributed by atoms with Crippen LogP contribution in [-0.4, -0.2) is 55.2 Å². The van der Waals surface area contributed by atoms with E-state index in [4.69, 9.17) is 9.72 Å². The highest BCUT2D eigenvalue weighted by Gasteiger charge is 2.22. The number of benzene rings is 2. The molecule has 0 aliphatic carbocycles. The van der Waals surface area contributed by atoms with E-state index < -0.39 is 0 Å². The molecule has 1 fully saturated rings. The van der Waals surface area contributed by atoms with Gasteiger partial charge in [0.2, 0.25) is 5.91 Å². The number of carbonyl (C=O) groups is 1. The van der Waals surface area contributed by atoms with E-state index in [1.165, 1.54) is 16.7 Å². The van der Waals surface area contributed by atoms with Gasteiger partial charge in [-0.25, -0.2) is 4.98 Å². The zero-order valence-corrected chi connectivity index (χ0v) is 20.4. The summed E-state index contributed by atoms with van der Waals surface area (Å²) in [5.74, 6) is 0.124. The first kappa shape index (κ1) is 22.9. The predicted octanol–water partition coefficient (Wildman–Crippen LogP) is 4.83. The zero-order valence-electron chi connectivity index (χ0n) is 19.6. The van der Waals surface area contributed by atoms with E-state index in [9.17, 15) is 4.79 Å². The van der Waals surface area contributed by atoms with Crippen molar-refractivity contribution >= 4 is 32.6 Å². The molecular weight excluding hydrogens is 418 g/mol. The lowest BCUT2D eigenvalue weighted by Gasteiger charge is -2.28. The molecule has 0 saturated carbocycles. The minimum atomic E-state index is 0.124. The van der Waals surface area contributed by atoms with E-state index in [2.05, 4.69) is 62.9 Å². The van der Waals surface area contributed by atoms with Gasteiger partial charge in [-0.05, 0) is 62.4 Å². The van der Waals surface area contributed by atoms with Gasteiger partial charge in [-0.15, -0.1) is 0 Å². The molecule has 0 atom stereocenters. The molecule has 0 spiro atoms. The number of aromatic nitrogens is 1. The molecule has 32 heavy (non-hydrogen) atoms. The Labute approximate surface area is 195 Å². The van der Waals surface area contributed by atoms with Gasteiger partial charge in [-0.1, -0.05) is 41.2 Å². The van der Waals surface area contributed by atoms with E-state index >= 15 is 0 Å². The third kappa shape index (κ3) is 5.20. The average Bonchev–Trinajstić information content (AvgIpc) is 3.19. The number of para-hydroxylation sites is 1. The number of carbonyl (C=O) groups excluding carboxylic acids is 1. The van der Waals surface area contributed by atoms with Crippen molar-refractivity contribution in [3.63, 3.8) is 0 Å². The van der Waals surface area contributed by atoms with Crippen molar-refractivity contribution in [2.45, 2.75) is 40.5 Å². The summed E-state index contributed by atoms with van der Waals surface area (Å²) in [4.78, 5) is 22.8. The lowest BCUT2D eigenvalue weighted by Crippen LogP contribution is -2.39. The number of amides is 1. The van der Waals surface area contributed by atoms with Crippen LogP contribution in [0.15, 0.2) is 30.3 Å². The summed E-state index contributed by atoms with van der Waals surface area (Å²) in [7, 11) is 0. The van der Waals surface area contributed by atoms with Gasteiger partial charge in [0.1, 0.15) is 0 Å². The van der Waals surface area contributed by atoms with Crippen molar-refractivity contribution in [2.24, 2.45) is 0 Å². The normalized spacial score (nSPS) is 14.8. The Morgan fingerprint density at radius 3 is 2.50 bits per heavy atom. The topological polar surface area (TPSA) is 45.7 Å². The number of ether oxygens (including phenoxy) is 1. The molecule has 0 radical (unpaired) electrons. The number of thiazole rings is 1. The number of aryl methyl sites for hydroxylation is 4. The van der Waals surface area contributed by atoms with Crippen LogP contribution in [0.25, 0.3) is 10.2 Å². The standard InChI is InChI=1S/C26H33N3O2S/c1-18-15-20(3)22(21(4)16-18)17-24(30)29(10-6-9-28-11-13-31-14-12-28)26-27-25-19(2)7-5-8-23(25)32-26/h5,7-8,15-16H,6,9-14,17H2,1-4H3. The molecule has 1 saturated heterocycles. The second-order valence-corrected chi connectivity index (χ2v) is 9.83. The van der Waals surface area contributed by atoms with Crippen molar-refractivity contribution in [1.29, 1.82) is 0 Å². The summed E-state index contributed by atoms with van der Waals surface area (Å²) < 4.78 is 6.60. The molecule has 1 amide bonds. The van der Waals surface area contributed by atoms with E-state index in [0.29, 0.717) is 13.0 Å². The summed E-state index contributed by atoms with van der Waals surface area (Å²) >= 11 is 1.62. The quantitative estimate of drug-likeness (QED) is 0.516. The predicted molar refractivity (Wildman–Crippen MR) is 133 cm³/mol. The Bertz CT molecular complexity index is 1080. The van der Waals surface area contributed by atoms with Crippen LogP contribution in [0.3, 0.4) is 0 Å². The van der Waals surface area contributed by atoms with Crippen molar-refractivity contribution < 1.29 is 9.53 Å². The number of morpholine rings is 1. The Balaban J connectivity index is 1.57. The van der Waals surface area contributed by atoms with E-state index in [-0.39, 0.29) is 5.91 Å². The first-order valence-corrected chi connectivity index (χ1v) is 12.3. The third-order valence-electron chi connectivity index (χ3n) is 6.27. The maximum Gasteiger partial charge on any atom is 0.233 e. The van der Waals surface area contributed by atoms with Gasteiger partial charge in [-0.3, -0.25) is 14.6 Å². The average molecular weight is 452 g/mol. The molecule has 170 valence electrons. The number of fused-ring (bicyclic) bond motifs is 1. The lowest BCUT2D eigenvalue weighted by atomic mass is 9.97. The minimum absolute atomic E-state index is 0.124. The van der Waals surface area contributed by atoms with Crippen LogP contribution in [0.4, 0.5) is 5.13 Å². The largest absolute Gasteiger partial charge is 0.379 e. The van der Waals surface area contributed by atoms with Crippen molar-refractivity contribution in [2.75, 3.05) is 44.3 Å². The molecule has 0 N–H and O–H groups in total. The molecule has 2 heterocycles. The van der Waals surface area contributed by atoms with Gasteiger partial charge in [0.15, 0.2) is 5.13 Å².